The number of carbonyl (C=O) groups excluding carboxylic acids is 1. The van der Waals surface area contributed by atoms with Gasteiger partial charge in [-0.05, 0) is 30.9 Å². The lowest BCUT2D eigenvalue weighted by Gasteiger charge is -2.25. The number of anilines is 1. The molecule has 0 unspecified atom stereocenters. The normalized spacial score (nSPS) is 15.3. The number of hydrogen-bond donors (Lipinski definition) is 1. The Morgan fingerprint density at radius 1 is 1.62 bits per heavy atom. The van der Waals surface area contributed by atoms with Crippen molar-refractivity contribution >= 4 is 11.7 Å². The number of esters is 1. The quantitative estimate of drug-likeness (QED) is 0.789. The van der Waals surface area contributed by atoms with Gasteiger partial charge in [0.25, 0.3) is 0 Å². The molecule has 0 atom stereocenters. The predicted molar refractivity (Wildman–Crippen MR) is 61.4 cm³/mol. The lowest BCUT2D eigenvalue weighted by Crippen LogP contribution is -2.21. The van der Waals surface area contributed by atoms with Crippen LogP contribution in [0.4, 0.5) is 5.69 Å². The molecule has 0 aromatic carbocycles. The summed E-state index contributed by atoms with van der Waals surface area (Å²) in [5, 5.41) is 3.32. The monoisotopic (exact) mass is 220 g/mol. The van der Waals surface area contributed by atoms with Crippen molar-refractivity contribution in [3.05, 3.63) is 24.0 Å². The van der Waals surface area contributed by atoms with Gasteiger partial charge < -0.3 is 10.1 Å². The van der Waals surface area contributed by atoms with Crippen LogP contribution in [0.2, 0.25) is 0 Å². The summed E-state index contributed by atoms with van der Waals surface area (Å²) in [6.07, 6.45) is 5.58. The molecule has 0 amide bonds. The molecule has 86 valence electrons. The Labute approximate surface area is 95.0 Å². The van der Waals surface area contributed by atoms with Crippen LogP contribution in [0.1, 0.15) is 29.8 Å². The van der Waals surface area contributed by atoms with E-state index in [0.717, 1.165) is 18.2 Å². The van der Waals surface area contributed by atoms with Crippen molar-refractivity contribution in [1.29, 1.82) is 0 Å². The van der Waals surface area contributed by atoms with Crippen LogP contribution in [0, 0.1) is 5.92 Å². The fourth-order valence-corrected chi connectivity index (χ4v) is 1.72. The SMILES string of the molecule is COC(=O)c1cc(NCC2CCC2)ccn1. The largest absolute Gasteiger partial charge is 0.464 e. The molecule has 0 aliphatic heterocycles. The molecule has 1 aliphatic carbocycles. The van der Waals surface area contributed by atoms with E-state index in [9.17, 15) is 4.79 Å². The predicted octanol–water partition coefficient (Wildman–Crippen LogP) is 2.08. The summed E-state index contributed by atoms with van der Waals surface area (Å²) in [4.78, 5) is 15.2. The minimum atomic E-state index is -0.396. The van der Waals surface area contributed by atoms with E-state index in [4.69, 9.17) is 0 Å². The summed E-state index contributed by atoms with van der Waals surface area (Å²) >= 11 is 0. The van der Waals surface area contributed by atoms with Crippen molar-refractivity contribution in [1.82, 2.24) is 4.98 Å². The van der Waals surface area contributed by atoms with Gasteiger partial charge in [0.15, 0.2) is 0 Å². The molecule has 0 spiro atoms. The highest BCUT2D eigenvalue weighted by Crippen LogP contribution is 2.26. The van der Waals surface area contributed by atoms with Crippen LogP contribution in [0.5, 0.6) is 0 Å². The van der Waals surface area contributed by atoms with Crippen LogP contribution >= 0.6 is 0 Å². The molecule has 1 aromatic heterocycles. The van der Waals surface area contributed by atoms with Gasteiger partial charge in [0.1, 0.15) is 5.69 Å². The second kappa shape index (κ2) is 4.96. The van der Waals surface area contributed by atoms with Gasteiger partial charge in [-0.2, -0.15) is 0 Å². The number of rotatable bonds is 4. The molecule has 2 rings (SSSR count). The Bertz CT molecular complexity index is 375. The zero-order valence-electron chi connectivity index (χ0n) is 9.40. The first-order valence-corrected chi connectivity index (χ1v) is 5.58. The molecule has 1 N–H and O–H groups in total. The summed E-state index contributed by atoms with van der Waals surface area (Å²) in [6, 6.07) is 3.59. The molecule has 1 saturated carbocycles. The fraction of sp³-hybridized carbons (Fsp3) is 0.500. The second-order valence-corrected chi connectivity index (χ2v) is 4.10. The van der Waals surface area contributed by atoms with Crippen molar-refractivity contribution in [2.45, 2.75) is 19.3 Å². The number of nitrogens with one attached hydrogen (secondary N) is 1. The van der Waals surface area contributed by atoms with E-state index < -0.39 is 5.97 Å². The number of methoxy groups -OCH3 is 1. The first-order valence-electron chi connectivity index (χ1n) is 5.58. The zero-order chi connectivity index (χ0) is 11.4. The van der Waals surface area contributed by atoms with Gasteiger partial charge in [-0.15, -0.1) is 0 Å². The minimum absolute atomic E-state index is 0.348. The highest BCUT2D eigenvalue weighted by molar-refractivity contribution is 5.88. The average molecular weight is 220 g/mol. The Morgan fingerprint density at radius 2 is 2.44 bits per heavy atom. The van der Waals surface area contributed by atoms with Crippen molar-refractivity contribution in [2.75, 3.05) is 19.0 Å². The maximum atomic E-state index is 11.3. The number of pyridine rings is 1. The van der Waals surface area contributed by atoms with E-state index in [2.05, 4.69) is 15.0 Å². The smallest absolute Gasteiger partial charge is 0.356 e. The van der Waals surface area contributed by atoms with E-state index in [-0.39, 0.29) is 0 Å². The number of aromatic nitrogens is 1. The fourth-order valence-electron chi connectivity index (χ4n) is 1.72. The van der Waals surface area contributed by atoms with Gasteiger partial charge in [0, 0.05) is 18.4 Å². The maximum Gasteiger partial charge on any atom is 0.356 e. The van der Waals surface area contributed by atoms with Crippen LogP contribution in [0.3, 0.4) is 0 Å². The van der Waals surface area contributed by atoms with Crippen molar-refractivity contribution in [2.24, 2.45) is 5.92 Å². The molecule has 1 heterocycles. The van der Waals surface area contributed by atoms with Crippen LogP contribution in [-0.2, 0) is 4.74 Å². The third-order valence-electron chi connectivity index (χ3n) is 2.97. The molecule has 1 aromatic rings. The number of nitrogens with zero attached hydrogens (tertiary/aromatic N) is 1. The number of hydrogen-bond acceptors (Lipinski definition) is 4. The van der Waals surface area contributed by atoms with Gasteiger partial charge in [-0.25, -0.2) is 9.78 Å². The van der Waals surface area contributed by atoms with Crippen molar-refractivity contribution in [3.8, 4) is 0 Å². The summed E-state index contributed by atoms with van der Waals surface area (Å²) < 4.78 is 4.62. The van der Waals surface area contributed by atoms with Crippen molar-refractivity contribution in [3.63, 3.8) is 0 Å². The third-order valence-corrected chi connectivity index (χ3v) is 2.97. The molecular formula is C12H16N2O2. The topological polar surface area (TPSA) is 51.2 Å². The molecule has 1 fully saturated rings. The Hall–Kier alpha value is -1.58. The zero-order valence-corrected chi connectivity index (χ0v) is 9.40. The highest BCUT2D eigenvalue weighted by Gasteiger charge is 2.16. The lowest BCUT2D eigenvalue weighted by atomic mass is 9.85. The van der Waals surface area contributed by atoms with Crippen LogP contribution in [-0.4, -0.2) is 24.6 Å². The third kappa shape index (κ3) is 2.51. The average Bonchev–Trinajstić information content (AvgIpc) is 2.26. The van der Waals surface area contributed by atoms with Gasteiger partial charge >= 0.3 is 5.97 Å². The number of ether oxygens (including phenoxy) is 1. The second-order valence-electron chi connectivity index (χ2n) is 4.10. The minimum Gasteiger partial charge on any atom is -0.464 e. The van der Waals surface area contributed by atoms with Crippen LogP contribution < -0.4 is 5.32 Å². The molecule has 0 saturated heterocycles. The molecule has 16 heavy (non-hydrogen) atoms. The van der Waals surface area contributed by atoms with Gasteiger partial charge in [0.05, 0.1) is 7.11 Å². The van der Waals surface area contributed by atoms with Gasteiger partial charge in [-0.3, -0.25) is 0 Å². The molecule has 0 radical (unpaired) electrons. The first kappa shape index (κ1) is 10.9. The lowest BCUT2D eigenvalue weighted by molar-refractivity contribution is 0.0594. The van der Waals surface area contributed by atoms with E-state index >= 15 is 0 Å². The van der Waals surface area contributed by atoms with Gasteiger partial charge in [-0.1, -0.05) is 6.42 Å². The Morgan fingerprint density at radius 3 is 3.06 bits per heavy atom. The summed E-state index contributed by atoms with van der Waals surface area (Å²) in [5.74, 6) is 0.391. The van der Waals surface area contributed by atoms with E-state index in [1.54, 1.807) is 12.3 Å². The van der Waals surface area contributed by atoms with Gasteiger partial charge in [0.2, 0.25) is 0 Å². The Balaban J connectivity index is 1.95. The maximum absolute atomic E-state index is 11.3. The molecule has 0 bridgehead atoms. The molecular weight excluding hydrogens is 204 g/mol. The van der Waals surface area contributed by atoms with Crippen LogP contribution in [0.25, 0.3) is 0 Å². The first-order chi connectivity index (χ1) is 7.79. The number of carbonyl (C=O) groups is 1. The summed E-state index contributed by atoms with van der Waals surface area (Å²) in [6.45, 7) is 0.977. The summed E-state index contributed by atoms with van der Waals surface area (Å²) in [5.41, 5.74) is 1.28. The van der Waals surface area contributed by atoms with E-state index in [1.165, 1.54) is 26.4 Å². The molecule has 1 aliphatic rings. The van der Waals surface area contributed by atoms with E-state index in [1.807, 2.05) is 6.07 Å². The van der Waals surface area contributed by atoms with Crippen LogP contribution in [0.15, 0.2) is 18.3 Å². The Kier molecular flexibility index (Phi) is 3.39. The van der Waals surface area contributed by atoms with E-state index in [0.29, 0.717) is 5.69 Å². The summed E-state index contributed by atoms with van der Waals surface area (Å²) in [7, 11) is 1.36. The standard InChI is InChI=1S/C12H16N2O2/c1-16-12(15)11-7-10(5-6-13-11)14-8-9-3-2-4-9/h5-7,9H,2-4,8H2,1H3,(H,13,14). The molecule has 4 nitrogen and oxygen atoms in total. The van der Waals surface area contributed by atoms with Crippen molar-refractivity contribution < 1.29 is 9.53 Å². The molecule has 4 heteroatoms. The highest BCUT2D eigenvalue weighted by atomic mass is 16.5.